The number of para-hydroxylation sites is 1. The highest BCUT2D eigenvalue weighted by molar-refractivity contribution is 5.96. The molecule has 33 heavy (non-hydrogen) atoms. The van der Waals surface area contributed by atoms with Gasteiger partial charge < -0.3 is 24.0 Å². The van der Waals surface area contributed by atoms with Crippen molar-refractivity contribution in [3.8, 4) is 11.5 Å². The number of hydrogen-bond acceptors (Lipinski definition) is 8. The summed E-state index contributed by atoms with van der Waals surface area (Å²) in [6.07, 6.45) is 0. The van der Waals surface area contributed by atoms with E-state index in [1.807, 2.05) is 4.90 Å². The summed E-state index contributed by atoms with van der Waals surface area (Å²) in [5.74, 6) is -1.56. The van der Waals surface area contributed by atoms with Crippen LogP contribution in [0, 0.1) is 15.9 Å². The van der Waals surface area contributed by atoms with Crippen molar-refractivity contribution in [2.45, 2.75) is 6.92 Å². The largest absolute Gasteiger partial charge is 0.493 e. The quantitative estimate of drug-likeness (QED) is 0.335. The van der Waals surface area contributed by atoms with Crippen molar-refractivity contribution in [2.75, 3.05) is 51.4 Å². The van der Waals surface area contributed by atoms with E-state index in [-0.39, 0.29) is 29.5 Å². The minimum absolute atomic E-state index is 0.101. The Balaban J connectivity index is 1.63. The number of anilines is 1. The molecule has 0 aliphatic carbocycles. The van der Waals surface area contributed by atoms with Gasteiger partial charge in [0.2, 0.25) is 0 Å². The van der Waals surface area contributed by atoms with E-state index in [0.29, 0.717) is 31.9 Å². The summed E-state index contributed by atoms with van der Waals surface area (Å²) in [4.78, 5) is 39.1. The van der Waals surface area contributed by atoms with Gasteiger partial charge in [-0.1, -0.05) is 12.1 Å². The molecule has 11 heteroatoms. The number of halogens is 1. The lowest BCUT2D eigenvalue weighted by Crippen LogP contribution is -2.50. The van der Waals surface area contributed by atoms with E-state index in [9.17, 15) is 24.1 Å². The van der Waals surface area contributed by atoms with Gasteiger partial charge in [-0.15, -0.1) is 0 Å². The van der Waals surface area contributed by atoms with Crippen LogP contribution in [0.15, 0.2) is 36.4 Å². The third-order valence-corrected chi connectivity index (χ3v) is 5.15. The predicted molar refractivity (Wildman–Crippen MR) is 116 cm³/mol. The van der Waals surface area contributed by atoms with Gasteiger partial charge in [0.05, 0.1) is 30.4 Å². The van der Waals surface area contributed by atoms with E-state index in [2.05, 4.69) is 0 Å². The number of carbonyl (C=O) groups is 2. The number of rotatable bonds is 8. The number of amides is 1. The molecule has 0 spiro atoms. The zero-order valence-corrected chi connectivity index (χ0v) is 18.3. The van der Waals surface area contributed by atoms with Gasteiger partial charge in [0.15, 0.2) is 18.1 Å². The smallest absolute Gasteiger partial charge is 0.345 e. The molecule has 1 fully saturated rings. The fourth-order valence-corrected chi connectivity index (χ4v) is 3.49. The second-order valence-corrected chi connectivity index (χ2v) is 7.11. The number of esters is 1. The molecule has 0 bridgehead atoms. The number of piperazine rings is 1. The molecule has 0 N–H and O–H groups in total. The van der Waals surface area contributed by atoms with Crippen LogP contribution in [0.5, 0.6) is 11.5 Å². The first-order chi connectivity index (χ1) is 15.8. The van der Waals surface area contributed by atoms with E-state index in [0.717, 1.165) is 6.07 Å². The van der Waals surface area contributed by atoms with Crippen LogP contribution in [0.25, 0.3) is 0 Å². The van der Waals surface area contributed by atoms with E-state index in [1.54, 1.807) is 25.1 Å². The molecule has 1 heterocycles. The van der Waals surface area contributed by atoms with Crippen molar-refractivity contribution in [1.82, 2.24) is 4.90 Å². The van der Waals surface area contributed by atoms with Crippen molar-refractivity contribution in [1.29, 1.82) is 0 Å². The molecule has 0 saturated carbocycles. The molecule has 0 atom stereocenters. The molecule has 1 aliphatic rings. The maximum atomic E-state index is 14.0. The van der Waals surface area contributed by atoms with E-state index in [4.69, 9.17) is 14.2 Å². The lowest BCUT2D eigenvalue weighted by molar-refractivity contribution is -0.385. The molecule has 1 saturated heterocycles. The molecular weight excluding hydrogens is 437 g/mol. The first-order valence-electron chi connectivity index (χ1n) is 10.3. The van der Waals surface area contributed by atoms with Crippen LogP contribution < -0.4 is 14.4 Å². The van der Waals surface area contributed by atoms with Crippen molar-refractivity contribution in [2.24, 2.45) is 0 Å². The highest BCUT2D eigenvalue weighted by Gasteiger charge is 2.28. The number of nitro groups is 1. The Morgan fingerprint density at radius 3 is 2.42 bits per heavy atom. The predicted octanol–water partition coefficient (Wildman–Crippen LogP) is 2.65. The average molecular weight is 461 g/mol. The maximum Gasteiger partial charge on any atom is 0.345 e. The first-order valence-corrected chi connectivity index (χ1v) is 10.3. The Bertz CT molecular complexity index is 1040. The molecule has 2 aromatic rings. The lowest BCUT2D eigenvalue weighted by atomic mass is 10.1. The maximum absolute atomic E-state index is 14.0. The van der Waals surface area contributed by atoms with Gasteiger partial charge in [0.25, 0.3) is 11.6 Å². The van der Waals surface area contributed by atoms with Gasteiger partial charge in [0.1, 0.15) is 11.4 Å². The molecular formula is C22H24FN3O7. The number of methoxy groups -OCH3 is 1. The fraction of sp³-hybridized carbons (Fsp3) is 0.364. The third-order valence-electron chi connectivity index (χ3n) is 5.15. The lowest BCUT2D eigenvalue weighted by Gasteiger charge is -2.36. The second kappa shape index (κ2) is 10.6. The third kappa shape index (κ3) is 5.48. The van der Waals surface area contributed by atoms with Crippen molar-refractivity contribution >= 4 is 23.3 Å². The summed E-state index contributed by atoms with van der Waals surface area (Å²) >= 11 is 0. The SMILES string of the molecule is CCOc1cc(C(=O)OCC(=O)N2CCN(c3ccccc3F)CC2)c([N+](=O)[O-])cc1OC. The second-order valence-electron chi connectivity index (χ2n) is 7.11. The van der Waals surface area contributed by atoms with Crippen LogP contribution in [0.4, 0.5) is 15.8 Å². The number of ether oxygens (including phenoxy) is 3. The summed E-state index contributed by atoms with van der Waals surface area (Å²) in [5, 5.41) is 11.4. The van der Waals surface area contributed by atoms with Crippen LogP contribution >= 0.6 is 0 Å². The Morgan fingerprint density at radius 1 is 1.12 bits per heavy atom. The first kappa shape index (κ1) is 23.8. The molecule has 10 nitrogen and oxygen atoms in total. The van der Waals surface area contributed by atoms with Crippen molar-refractivity contribution < 1.29 is 33.1 Å². The summed E-state index contributed by atoms with van der Waals surface area (Å²) in [6.45, 7) is 2.86. The highest BCUT2D eigenvalue weighted by atomic mass is 19.1. The Hall–Kier alpha value is -3.89. The number of benzene rings is 2. The van der Waals surface area contributed by atoms with Crippen LogP contribution in [0.2, 0.25) is 0 Å². The molecule has 176 valence electrons. The number of hydrogen-bond donors (Lipinski definition) is 0. The Morgan fingerprint density at radius 2 is 1.82 bits per heavy atom. The molecule has 0 unspecified atom stereocenters. The summed E-state index contributed by atoms with van der Waals surface area (Å²) in [6, 6.07) is 8.64. The van der Waals surface area contributed by atoms with E-state index < -0.39 is 29.1 Å². The van der Waals surface area contributed by atoms with Gasteiger partial charge in [-0.3, -0.25) is 14.9 Å². The summed E-state index contributed by atoms with van der Waals surface area (Å²) in [7, 11) is 1.32. The molecule has 1 amide bonds. The van der Waals surface area contributed by atoms with Crippen LogP contribution in [0.1, 0.15) is 17.3 Å². The van der Waals surface area contributed by atoms with Crippen molar-refractivity contribution in [3.63, 3.8) is 0 Å². The fourth-order valence-electron chi connectivity index (χ4n) is 3.49. The van der Waals surface area contributed by atoms with Gasteiger partial charge in [-0.05, 0) is 19.1 Å². The molecule has 1 aliphatic heterocycles. The monoisotopic (exact) mass is 461 g/mol. The van der Waals surface area contributed by atoms with Gasteiger partial charge in [-0.25, -0.2) is 9.18 Å². The number of nitrogens with zero attached hydrogens (tertiary/aromatic N) is 3. The summed E-state index contributed by atoms with van der Waals surface area (Å²) in [5.41, 5.74) is -0.402. The molecule has 3 rings (SSSR count). The van der Waals surface area contributed by atoms with E-state index >= 15 is 0 Å². The summed E-state index contributed by atoms with van der Waals surface area (Å²) < 4.78 is 29.5. The normalized spacial score (nSPS) is 13.4. The number of carbonyl (C=O) groups excluding carboxylic acids is 2. The topological polar surface area (TPSA) is 111 Å². The van der Waals surface area contributed by atoms with Crippen LogP contribution in [0.3, 0.4) is 0 Å². The molecule has 0 aromatic heterocycles. The molecule has 2 aromatic carbocycles. The number of nitro benzene ring substituents is 1. The zero-order valence-electron chi connectivity index (χ0n) is 18.3. The zero-order chi connectivity index (χ0) is 24.0. The van der Waals surface area contributed by atoms with Gasteiger partial charge >= 0.3 is 5.97 Å². The standard InChI is InChI=1S/C22H24FN3O7/c1-3-32-20-12-15(18(26(29)30)13-19(20)31-2)22(28)33-14-21(27)25-10-8-24(9-11-25)17-7-5-4-6-16(17)23/h4-7,12-13H,3,8-11,14H2,1-2H3. The minimum atomic E-state index is -1.02. The van der Waals surface area contributed by atoms with Crippen molar-refractivity contribution in [3.05, 3.63) is 57.9 Å². The van der Waals surface area contributed by atoms with Gasteiger partial charge in [-0.2, -0.15) is 0 Å². The minimum Gasteiger partial charge on any atom is -0.493 e. The van der Waals surface area contributed by atoms with E-state index in [1.165, 1.54) is 24.1 Å². The Kier molecular flexibility index (Phi) is 7.65. The molecule has 0 radical (unpaired) electrons. The Labute approximate surface area is 189 Å². The van der Waals surface area contributed by atoms with Crippen LogP contribution in [-0.2, 0) is 9.53 Å². The highest BCUT2D eigenvalue weighted by Crippen LogP contribution is 2.35. The van der Waals surface area contributed by atoms with Gasteiger partial charge in [0, 0.05) is 32.2 Å². The van der Waals surface area contributed by atoms with Crippen LogP contribution in [-0.4, -0.2) is 68.2 Å². The average Bonchev–Trinajstić information content (AvgIpc) is 2.82.